The first-order valence-electron chi connectivity index (χ1n) is 14.2. The van der Waals surface area contributed by atoms with Gasteiger partial charge in [0.25, 0.3) is 0 Å². The highest BCUT2D eigenvalue weighted by atomic mass is 79.9. The largest absolute Gasteiger partial charge is 0.497 e. The molecule has 0 saturated carbocycles. The molecule has 2 aliphatic rings. The molecule has 0 bridgehead atoms. The van der Waals surface area contributed by atoms with E-state index in [1.807, 2.05) is 24.3 Å². The third kappa shape index (κ3) is 6.71. The van der Waals surface area contributed by atoms with Crippen LogP contribution in [0.25, 0.3) is 16.1 Å². The zero-order chi connectivity index (χ0) is 30.3. The van der Waals surface area contributed by atoms with Gasteiger partial charge in [-0.3, -0.25) is 0 Å². The van der Waals surface area contributed by atoms with Crippen LogP contribution in [0.5, 0.6) is 11.5 Å². The second kappa shape index (κ2) is 14.2. The van der Waals surface area contributed by atoms with Crippen molar-refractivity contribution in [2.45, 2.75) is 0 Å². The summed E-state index contributed by atoms with van der Waals surface area (Å²) in [5.41, 5.74) is 7.03. The van der Waals surface area contributed by atoms with E-state index in [2.05, 4.69) is 142 Å². The fraction of sp³-hybridized carbons (Fsp3) is 0.0513. The van der Waals surface area contributed by atoms with Crippen LogP contribution in [0.15, 0.2) is 162 Å². The van der Waals surface area contributed by atoms with Gasteiger partial charge in [-0.2, -0.15) is 0 Å². The molecule has 0 spiro atoms. The molecule has 218 valence electrons. The fourth-order valence-corrected chi connectivity index (χ4v) is 9.19. The lowest BCUT2D eigenvalue weighted by atomic mass is 9.97. The zero-order valence-electron chi connectivity index (χ0n) is 24.4. The maximum absolute atomic E-state index is 5.41. The highest BCUT2D eigenvalue weighted by Gasteiger charge is 2.20. The number of hydrogen-bond acceptors (Lipinski definition) is 3. The summed E-state index contributed by atoms with van der Waals surface area (Å²) >= 11 is 5.93. The van der Waals surface area contributed by atoms with Crippen molar-refractivity contribution in [1.29, 1.82) is 0 Å². The first-order valence-corrected chi connectivity index (χ1v) is 18.1. The van der Waals surface area contributed by atoms with Crippen molar-refractivity contribution in [3.05, 3.63) is 184 Å². The van der Waals surface area contributed by atoms with Crippen LogP contribution < -0.4 is 9.47 Å². The van der Waals surface area contributed by atoms with Gasteiger partial charge < -0.3 is 9.47 Å². The summed E-state index contributed by atoms with van der Waals surface area (Å²) in [5, 5.41) is 0. The van der Waals surface area contributed by atoms with E-state index in [0.29, 0.717) is 0 Å². The smallest absolute Gasteiger partial charge is 0.118 e. The number of methoxy groups -OCH3 is 2. The molecule has 2 heterocycles. The van der Waals surface area contributed by atoms with Gasteiger partial charge in [-0.05, 0) is 103 Å². The topological polar surface area (TPSA) is 18.5 Å². The molecule has 0 fully saturated rings. The standard InChI is InChI=1S/C39H31BrO2S2/c1-41-32-23-19-30(20-24-32)36-15-9-16-37(43-36)34(28-11-5-3-6-12-28)27-35(29-13-7-4-8-14-29)39-18-10-17-38(44(39)40)31-21-25-33(42-2)26-22-31/h3-27H,1-2H3/b35-27+,37-34-. The van der Waals surface area contributed by atoms with Crippen molar-refractivity contribution in [3.63, 3.8) is 0 Å². The lowest BCUT2D eigenvalue weighted by molar-refractivity contribution is 0.414. The highest BCUT2D eigenvalue weighted by molar-refractivity contribution is 9.53. The summed E-state index contributed by atoms with van der Waals surface area (Å²) < 4.78 is 10.8. The van der Waals surface area contributed by atoms with Gasteiger partial charge in [0.05, 0.1) is 14.2 Å². The number of hydrogen-bond donors (Lipinski definition) is 0. The van der Waals surface area contributed by atoms with Gasteiger partial charge in [0.1, 0.15) is 11.5 Å². The molecule has 4 aromatic carbocycles. The number of allylic oxidation sites excluding steroid dienone is 9. The molecule has 2 aliphatic heterocycles. The van der Waals surface area contributed by atoms with Crippen LogP contribution in [0.3, 0.4) is 0 Å². The Morgan fingerprint density at radius 2 is 1.23 bits per heavy atom. The van der Waals surface area contributed by atoms with Crippen LogP contribution >= 0.6 is 35.5 Å². The van der Waals surface area contributed by atoms with Crippen molar-refractivity contribution in [2.75, 3.05) is 14.2 Å². The Bertz CT molecular complexity index is 1860. The second-order valence-electron chi connectivity index (χ2n) is 10.0. The third-order valence-corrected chi connectivity index (χ3v) is 12.1. The van der Waals surface area contributed by atoms with Gasteiger partial charge in [-0.25, -0.2) is 0 Å². The van der Waals surface area contributed by atoms with E-state index in [4.69, 9.17) is 9.47 Å². The lowest BCUT2D eigenvalue weighted by Crippen LogP contribution is -2.01. The zero-order valence-corrected chi connectivity index (χ0v) is 27.7. The van der Waals surface area contributed by atoms with Crippen LogP contribution in [0, 0.1) is 0 Å². The summed E-state index contributed by atoms with van der Waals surface area (Å²) in [4.78, 5) is 4.86. The van der Waals surface area contributed by atoms with Gasteiger partial charge in [-0.15, -0.1) is 0 Å². The SMILES string of the molecule is COc1ccc(C2=CC=C/C(=C(\C=C(\C3=CC=CC(c4ccc(OC)cc4)=S3Br)c3ccccc3)c3ccccc3)S2)cc1. The Labute approximate surface area is 274 Å². The van der Waals surface area contributed by atoms with E-state index in [0.717, 1.165) is 17.1 Å². The number of rotatable bonds is 8. The molecule has 4 aromatic rings. The molecule has 0 aromatic heterocycles. The lowest BCUT2D eigenvalue weighted by Gasteiger charge is -2.21. The van der Waals surface area contributed by atoms with Crippen LogP contribution in [0.1, 0.15) is 22.3 Å². The molecule has 0 aliphatic carbocycles. The van der Waals surface area contributed by atoms with Gasteiger partial charge in [0, 0.05) is 19.6 Å². The Morgan fingerprint density at radius 1 is 0.659 bits per heavy atom. The molecule has 0 saturated heterocycles. The summed E-state index contributed by atoms with van der Waals surface area (Å²) in [5.74, 6) is 1.71. The molecule has 6 rings (SSSR count). The van der Waals surface area contributed by atoms with E-state index in [-0.39, 0.29) is 8.92 Å². The van der Waals surface area contributed by atoms with Gasteiger partial charge >= 0.3 is 0 Å². The quantitative estimate of drug-likeness (QED) is 0.173. The van der Waals surface area contributed by atoms with Crippen LogP contribution in [0.2, 0.25) is 0 Å². The van der Waals surface area contributed by atoms with E-state index in [9.17, 15) is 0 Å². The molecule has 44 heavy (non-hydrogen) atoms. The van der Waals surface area contributed by atoms with E-state index in [1.54, 1.807) is 26.0 Å². The number of ether oxygens (including phenoxy) is 2. The molecule has 1 atom stereocenters. The van der Waals surface area contributed by atoms with Crippen LogP contribution in [-0.4, -0.2) is 19.1 Å². The van der Waals surface area contributed by atoms with Crippen LogP contribution in [0.4, 0.5) is 0 Å². The van der Waals surface area contributed by atoms with Gasteiger partial charge in [0.15, 0.2) is 0 Å². The number of benzene rings is 4. The number of halogens is 1. The molecule has 0 amide bonds. The third-order valence-electron chi connectivity index (χ3n) is 7.33. The van der Waals surface area contributed by atoms with Gasteiger partial charge in [0.2, 0.25) is 0 Å². The Balaban J connectivity index is 1.49. The minimum Gasteiger partial charge on any atom is -0.497 e. The van der Waals surface area contributed by atoms with Crippen molar-refractivity contribution in [2.24, 2.45) is 0 Å². The fourth-order valence-electron chi connectivity index (χ4n) is 5.04. The Kier molecular flexibility index (Phi) is 9.67. The predicted octanol–water partition coefficient (Wildman–Crippen LogP) is 11.1. The average molecular weight is 676 g/mol. The molecule has 2 nitrogen and oxygen atoms in total. The van der Waals surface area contributed by atoms with E-state index < -0.39 is 0 Å². The van der Waals surface area contributed by atoms with E-state index in [1.165, 1.54) is 47.4 Å². The Hall–Kier alpha value is -4.03. The first kappa shape index (κ1) is 30.0. The minimum atomic E-state index is -0.350. The molecule has 0 N–H and O–H groups in total. The van der Waals surface area contributed by atoms with Crippen LogP contribution in [-0.2, 0) is 0 Å². The monoisotopic (exact) mass is 674 g/mol. The molecule has 5 heteroatoms. The minimum absolute atomic E-state index is 0.350. The molecular formula is C39H31BrO2S2. The summed E-state index contributed by atoms with van der Waals surface area (Å²) in [6.07, 6.45) is 15.5. The van der Waals surface area contributed by atoms with Gasteiger partial charge in [-0.1, -0.05) is 118 Å². The van der Waals surface area contributed by atoms with Crippen molar-refractivity contribution in [3.8, 4) is 11.5 Å². The molecular weight excluding hydrogens is 644 g/mol. The molecule has 0 radical (unpaired) electrons. The molecule has 1 unspecified atom stereocenters. The second-order valence-corrected chi connectivity index (χ2v) is 14.4. The average Bonchev–Trinajstić information content (AvgIpc) is 3.10. The maximum Gasteiger partial charge on any atom is 0.118 e. The summed E-state index contributed by atoms with van der Waals surface area (Å²) in [6, 6.07) is 37.9. The van der Waals surface area contributed by atoms with E-state index >= 15 is 0 Å². The highest BCUT2D eigenvalue weighted by Crippen LogP contribution is 2.48. The Morgan fingerprint density at radius 3 is 1.84 bits per heavy atom. The first-order chi connectivity index (χ1) is 21.6. The summed E-state index contributed by atoms with van der Waals surface area (Å²) in [7, 11) is 3.05. The van der Waals surface area contributed by atoms with Crippen molar-refractivity contribution < 1.29 is 9.47 Å². The van der Waals surface area contributed by atoms with Crippen molar-refractivity contribution >= 4 is 56.4 Å². The maximum atomic E-state index is 5.41. The normalized spacial score (nSPS) is 17.6. The van der Waals surface area contributed by atoms with Crippen molar-refractivity contribution in [1.82, 2.24) is 0 Å². The summed E-state index contributed by atoms with van der Waals surface area (Å²) in [6.45, 7) is 0. The number of thioether (sulfide) groups is 1. The predicted molar refractivity (Wildman–Crippen MR) is 196 cm³/mol.